The molecule has 0 radical (unpaired) electrons. The average Bonchev–Trinajstić information content (AvgIpc) is 3.19. The molecule has 1 aliphatic rings. The van der Waals surface area contributed by atoms with Crippen LogP contribution in [0.4, 0.5) is 5.82 Å². The van der Waals surface area contributed by atoms with E-state index in [2.05, 4.69) is 10.4 Å². The number of benzene rings is 2. The molecule has 4 rings (SSSR count). The number of amides is 1. The van der Waals surface area contributed by atoms with E-state index >= 15 is 0 Å². The maximum absolute atomic E-state index is 12.4. The van der Waals surface area contributed by atoms with E-state index in [1.165, 1.54) is 6.08 Å². The van der Waals surface area contributed by atoms with Crippen LogP contribution in [0, 0.1) is 0 Å². The second kappa shape index (κ2) is 7.09. The third-order valence-electron chi connectivity index (χ3n) is 4.14. The Kier molecular flexibility index (Phi) is 4.50. The predicted octanol–water partition coefficient (Wildman–Crippen LogP) is 3.29. The Hall–Kier alpha value is -2.99. The van der Waals surface area contributed by atoms with Crippen LogP contribution in [0.5, 0.6) is 0 Å². The zero-order chi connectivity index (χ0) is 17.9. The minimum absolute atomic E-state index is 0.244. The molecule has 0 saturated heterocycles. The summed E-state index contributed by atoms with van der Waals surface area (Å²) in [4.78, 5) is 12.4. The lowest BCUT2D eigenvalue weighted by molar-refractivity contribution is -0.111. The van der Waals surface area contributed by atoms with Crippen LogP contribution in [-0.4, -0.2) is 19.9 Å². The van der Waals surface area contributed by atoms with Crippen molar-refractivity contribution in [3.8, 4) is 5.69 Å². The third kappa shape index (κ3) is 3.36. The van der Waals surface area contributed by atoms with Crippen molar-refractivity contribution in [2.24, 2.45) is 0 Å². The number of fused-ring (bicyclic) bond motifs is 1. The van der Waals surface area contributed by atoms with Crippen molar-refractivity contribution in [1.82, 2.24) is 9.78 Å². The van der Waals surface area contributed by atoms with Crippen molar-refractivity contribution in [3.63, 3.8) is 0 Å². The molecule has 0 unspecified atom stereocenters. The molecule has 0 bridgehead atoms. The number of carbonyl (C=O) groups is 1. The Bertz CT molecular complexity index is 995. The van der Waals surface area contributed by atoms with Crippen molar-refractivity contribution < 1.29 is 9.00 Å². The number of aromatic nitrogens is 2. The van der Waals surface area contributed by atoms with Gasteiger partial charge in [-0.15, -0.1) is 0 Å². The first-order valence-electron chi connectivity index (χ1n) is 8.26. The minimum Gasteiger partial charge on any atom is -0.307 e. The van der Waals surface area contributed by atoms with Gasteiger partial charge in [-0.25, -0.2) is 4.68 Å². The molecule has 0 fully saturated rings. The quantitative estimate of drug-likeness (QED) is 0.724. The smallest absolute Gasteiger partial charge is 0.249 e. The van der Waals surface area contributed by atoms with Gasteiger partial charge in [-0.1, -0.05) is 48.5 Å². The molecule has 0 aliphatic carbocycles. The first kappa shape index (κ1) is 16.5. The van der Waals surface area contributed by atoms with E-state index < -0.39 is 10.8 Å². The Morgan fingerprint density at radius 3 is 2.46 bits per heavy atom. The van der Waals surface area contributed by atoms with Gasteiger partial charge in [0.1, 0.15) is 5.82 Å². The van der Waals surface area contributed by atoms with E-state index in [-0.39, 0.29) is 5.91 Å². The van der Waals surface area contributed by atoms with E-state index in [4.69, 9.17) is 0 Å². The highest BCUT2D eigenvalue weighted by Crippen LogP contribution is 2.31. The van der Waals surface area contributed by atoms with Crippen LogP contribution in [0.1, 0.15) is 16.8 Å². The summed E-state index contributed by atoms with van der Waals surface area (Å²) in [7, 11) is -0.957. The normalized spacial score (nSPS) is 15.9. The van der Waals surface area contributed by atoms with Gasteiger partial charge in [0.25, 0.3) is 0 Å². The van der Waals surface area contributed by atoms with Crippen molar-refractivity contribution in [2.45, 2.75) is 11.5 Å². The fourth-order valence-corrected chi connectivity index (χ4v) is 4.17. The van der Waals surface area contributed by atoms with Gasteiger partial charge in [0.2, 0.25) is 5.91 Å². The SMILES string of the molecule is O=C(C=Cc1ccccc1)Nc1c2c(nn1-c1ccccc1)C[S@@](=O)C2. The number of para-hydroxylation sites is 1. The summed E-state index contributed by atoms with van der Waals surface area (Å²) in [6, 6.07) is 19.2. The van der Waals surface area contributed by atoms with Gasteiger partial charge in [-0.05, 0) is 23.8 Å². The van der Waals surface area contributed by atoms with Crippen LogP contribution in [0.3, 0.4) is 0 Å². The zero-order valence-electron chi connectivity index (χ0n) is 14.0. The molecular formula is C20H17N3O2S. The molecule has 1 aliphatic heterocycles. The molecule has 1 amide bonds. The molecule has 3 aromatic rings. The first-order chi connectivity index (χ1) is 12.7. The molecule has 1 aromatic heterocycles. The van der Waals surface area contributed by atoms with Crippen molar-refractivity contribution in [2.75, 3.05) is 5.32 Å². The van der Waals surface area contributed by atoms with Gasteiger partial charge < -0.3 is 5.32 Å². The number of nitrogens with one attached hydrogen (secondary N) is 1. The summed E-state index contributed by atoms with van der Waals surface area (Å²) < 4.78 is 13.6. The van der Waals surface area contributed by atoms with Crippen LogP contribution in [-0.2, 0) is 27.1 Å². The van der Waals surface area contributed by atoms with Gasteiger partial charge in [0, 0.05) is 22.4 Å². The lowest BCUT2D eigenvalue weighted by atomic mass is 10.2. The molecule has 0 saturated carbocycles. The maximum atomic E-state index is 12.4. The average molecular weight is 363 g/mol. The molecule has 1 atom stereocenters. The summed E-state index contributed by atoms with van der Waals surface area (Å²) in [5, 5.41) is 7.49. The molecule has 130 valence electrons. The predicted molar refractivity (Wildman–Crippen MR) is 103 cm³/mol. The summed E-state index contributed by atoms with van der Waals surface area (Å²) in [5.74, 6) is 1.20. The first-order valence-corrected chi connectivity index (χ1v) is 9.75. The number of rotatable bonds is 4. The molecule has 5 nitrogen and oxygen atoms in total. The molecule has 6 heteroatoms. The van der Waals surface area contributed by atoms with E-state index in [0.717, 1.165) is 22.5 Å². The van der Waals surface area contributed by atoms with Crippen LogP contribution < -0.4 is 5.32 Å². The largest absolute Gasteiger partial charge is 0.307 e. The number of anilines is 1. The minimum atomic E-state index is -0.957. The number of hydrogen-bond acceptors (Lipinski definition) is 3. The molecule has 0 spiro atoms. The van der Waals surface area contributed by atoms with Crippen LogP contribution in [0.2, 0.25) is 0 Å². The fourth-order valence-electron chi connectivity index (χ4n) is 2.91. The van der Waals surface area contributed by atoms with E-state index in [1.54, 1.807) is 10.8 Å². The lowest BCUT2D eigenvalue weighted by Crippen LogP contribution is -2.14. The Labute approximate surface area is 153 Å². The highest BCUT2D eigenvalue weighted by atomic mass is 32.2. The summed E-state index contributed by atoms with van der Waals surface area (Å²) in [5.41, 5.74) is 3.45. The van der Waals surface area contributed by atoms with Crippen LogP contribution >= 0.6 is 0 Å². The van der Waals surface area contributed by atoms with E-state index in [1.807, 2.05) is 60.7 Å². The zero-order valence-corrected chi connectivity index (χ0v) is 14.8. The van der Waals surface area contributed by atoms with Gasteiger partial charge in [-0.3, -0.25) is 9.00 Å². The van der Waals surface area contributed by atoms with E-state index in [0.29, 0.717) is 17.3 Å². The van der Waals surface area contributed by atoms with Crippen LogP contribution in [0.25, 0.3) is 11.8 Å². The molecule has 1 N–H and O–H groups in total. The molecule has 2 heterocycles. The molecular weight excluding hydrogens is 346 g/mol. The topological polar surface area (TPSA) is 64.0 Å². The number of carbonyl (C=O) groups excluding carboxylic acids is 1. The van der Waals surface area contributed by atoms with Gasteiger partial charge in [0.15, 0.2) is 0 Å². The van der Waals surface area contributed by atoms with Crippen molar-refractivity contribution >= 4 is 28.6 Å². The second-order valence-electron chi connectivity index (χ2n) is 5.98. The van der Waals surface area contributed by atoms with Gasteiger partial charge in [0.05, 0.1) is 22.9 Å². The number of hydrogen-bond donors (Lipinski definition) is 1. The number of nitrogens with zero attached hydrogens (tertiary/aromatic N) is 2. The monoisotopic (exact) mass is 363 g/mol. The van der Waals surface area contributed by atoms with E-state index in [9.17, 15) is 9.00 Å². The molecule has 26 heavy (non-hydrogen) atoms. The summed E-state index contributed by atoms with van der Waals surface area (Å²) >= 11 is 0. The Morgan fingerprint density at radius 2 is 1.73 bits per heavy atom. The van der Waals surface area contributed by atoms with Crippen molar-refractivity contribution in [1.29, 1.82) is 0 Å². The standard InChI is InChI=1S/C20H17N3O2S/c24-19(12-11-15-7-3-1-4-8-15)21-20-17-13-26(25)14-18(17)22-23(20)16-9-5-2-6-10-16/h1-12H,13-14H2,(H,21,24)/t26-/m0/s1. The summed E-state index contributed by atoms with van der Waals surface area (Å²) in [6.45, 7) is 0. The maximum Gasteiger partial charge on any atom is 0.249 e. The highest BCUT2D eigenvalue weighted by molar-refractivity contribution is 7.83. The summed E-state index contributed by atoms with van der Waals surface area (Å²) in [6.07, 6.45) is 3.26. The Morgan fingerprint density at radius 1 is 1.04 bits per heavy atom. The second-order valence-corrected chi connectivity index (χ2v) is 7.44. The van der Waals surface area contributed by atoms with Gasteiger partial charge in [-0.2, -0.15) is 5.10 Å². The van der Waals surface area contributed by atoms with Gasteiger partial charge >= 0.3 is 0 Å². The fraction of sp³-hybridized carbons (Fsp3) is 0.100. The lowest BCUT2D eigenvalue weighted by Gasteiger charge is -2.09. The highest BCUT2D eigenvalue weighted by Gasteiger charge is 2.27. The van der Waals surface area contributed by atoms with Crippen molar-refractivity contribution in [3.05, 3.63) is 83.6 Å². The van der Waals surface area contributed by atoms with Crippen LogP contribution in [0.15, 0.2) is 66.7 Å². The third-order valence-corrected chi connectivity index (χ3v) is 5.34. The molecule has 2 aromatic carbocycles. The Balaban J connectivity index is 1.64.